The van der Waals surface area contributed by atoms with Crippen LogP contribution in [-0.2, 0) is 9.59 Å². The summed E-state index contributed by atoms with van der Waals surface area (Å²) in [7, 11) is 0. The monoisotopic (exact) mass is 262 g/mol. The van der Waals surface area contributed by atoms with Gasteiger partial charge in [-0.2, -0.15) is 0 Å². The summed E-state index contributed by atoms with van der Waals surface area (Å²) in [5, 5.41) is 11.0. The van der Waals surface area contributed by atoms with Crippen LogP contribution in [0.1, 0.15) is 13.8 Å². The van der Waals surface area contributed by atoms with Gasteiger partial charge in [-0.15, -0.1) is 0 Å². The molecule has 0 bridgehead atoms. The van der Waals surface area contributed by atoms with Crippen molar-refractivity contribution in [2.24, 2.45) is 0 Å². The van der Waals surface area contributed by atoms with E-state index in [0.29, 0.717) is 5.69 Å². The topological polar surface area (TPSA) is 69.6 Å². The minimum Gasteiger partial charge on any atom is -0.478 e. The molecule has 0 radical (unpaired) electrons. The lowest BCUT2D eigenvalue weighted by atomic mass is 10.2. The van der Waals surface area contributed by atoms with Gasteiger partial charge in [-0.05, 0) is 38.1 Å². The van der Waals surface area contributed by atoms with Crippen molar-refractivity contribution in [3.05, 3.63) is 36.4 Å². The first-order valence-corrected chi connectivity index (χ1v) is 6.13. The third-order valence-electron chi connectivity index (χ3n) is 2.64. The number of amides is 1. The zero-order valence-corrected chi connectivity index (χ0v) is 11.1. The number of rotatable bonds is 6. The average Bonchev–Trinajstić information content (AvgIpc) is 2.40. The molecule has 5 heteroatoms. The van der Waals surface area contributed by atoms with Gasteiger partial charge in [0.1, 0.15) is 0 Å². The molecule has 0 saturated heterocycles. The van der Waals surface area contributed by atoms with E-state index < -0.39 is 11.9 Å². The third kappa shape index (κ3) is 4.83. The molecule has 1 aromatic carbocycles. The predicted octanol–water partition coefficient (Wildman–Crippen LogP) is 2.11. The standard InChI is InChI=1S/C14H18N2O3/c1-3-16(4-2)12-7-5-11(6-8-12)15-13(17)9-10-14(18)19/h5-10H,3-4H2,1-2H3,(H,15,17)(H,18,19)/b10-9-. The van der Waals surface area contributed by atoms with E-state index in [4.69, 9.17) is 5.11 Å². The highest BCUT2D eigenvalue weighted by atomic mass is 16.4. The average molecular weight is 262 g/mol. The molecule has 0 aromatic heterocycles. The fourth-order valence-corrected chi connectivity index (χ4v) is 1.68. The largest absolute Gasteiger partial charge is 0.478 e. The molecule has 2 N–H and O–H groups in total. The second kappa shape index (κ2) is 7.20. The summed E-state index contributed by atoms with van der Waals surface area (Å²) >= 11 is 0. The SMILES string of the molecule is CCN(CC)c1ccc(NC(=O)/C=C\C(=O)O)cc1. The number of benzene rings is 1. The number of nitrogens with zero attached hydrogens (tertiary/aromatic N) is 1. The zero-order valence-electron chi connectivity index (χ0n) is 11.1. The van der Waals surface area contributed by atoms with E-state index in [1.165, 1.54) is 0 Å². The first kappa shape index (κ1) is 14.8. The maximum absolute atomic E-state index is 11.4. The number of anilines is 2. The first-order chi connectivity index (χ1) is 9.06. The Labute approximate surface area is 112 Å². The lowest BCUT2D eigenvalue weighted by molar-refractivity contribution is -0.131. The molecular formula is C14H18N2O3. The van der Waals surface area contributed by atoms with Gasteiger partial charge >= 0.3 is 5.97 Å². The highest BCUT2D eigenvalue weighted by molar-refractivity contribution is 6.02. The van der Waals surface area contributed by atoms with Gasteiger partial charge < -0.3 is 15.3 Å². The second-order valence-corrected chi connectivity index (χ2v) is 3.88. The molecule has 1 aromatic rings. The lowest BCUT2D eigenvalue weighted by Crippen LogP contribution is -2.21. The van der Waals surface area contributed by atoms with Gasteiger partial charge in [-0.25, -0.2) is 4.79 Å². The van der Waals surface area contributed by atoms with Gasteiger partial charge in [0.05, 0.1) is 0 Å². The quantitative estimate of drug-likeness (QED) is 0.770. The minimum atomic E-state index is -1.15. The van der Waals surface area contributed by atoms with Crippen molar-refractivity contribution in [1.82, 2.24) is 0 Å². The summed E-state index contributed by atoms with van der Waals surface area (Å²) < 4.78 is 0. The number of hydrogen-bond donors (Lipinski definition) is 2. The van der Waals surface area contributed by atoms with Crippen molar-refractivity contribution >= 4 is 23.3 Å². The van der Waals surface area contributed by atoms with Gasteiger partial charge in [0, 0.05) is 36.6 Å². The van der Waals surface area contributed by atoms with E-state index in [2.05, 4.69) is 24.1 Å². The van der Waals surface area contributed by atoms with Crippen LogP contribution in [0.5, 0.6) is 0 Å². The molecule has 0 saturated carbocycles. The van der Waals surface area contributed by atoms with Gasteiger partial charge in [0.15, 0.2) is 0 Å². The number of carboxylic acids is 1. The van der Waals surface area contributed by atoms with Crippen molar-refractivity contribution in [2.75, 3.05) is 23.3 Å². The molecule has 1 amide bonds. The molecule has 0 aliphatic heterocycles. The number of carboxylic acid groups (broad SMARTS) is 1. The Hall–Kier alpha value is -2.30. The van der Waals surface area contributed by atoms with Crippen LogP contribution in [0.2, 0.25) is 0 Å². The molecule has 0 spiro atoms. The zero-order chi connectivity index (χ0) is 14.3. The molecule has 0 heterocycles. The van der Waals surface area contributed by atoms with Crippen LogP contribution < -0.4 is 10.2 Å². The van der Waals surface area contributed by atoms with Crippen molar-refractivity contribution in [2.45, 2.75) is 13.8 Å². The van der Waals surface area contributed by atoms with Crippen LogP contribution in [0.15, 0.2) is 36.4 Å². The summed E-state index contributed by atoms with van der Waals surface area (Å²) in [6.45, 7) is 6.00. The molecule has 0 aliphatic rings. The molecule has 0 fully saturated rings. The van der Waals surface area contributed by atoms with Crippen molar-refractivity contribution < 1.29 is 14.7 Å². The van der Waals surface area contributed by atoms with E-state index in [1.807, 2.05) is 12.1 Å². The summed E-state index contributed by atoms with van der Waals surface area (Å²) in [5.41, 5.74) is 1.72. The summed E-state index contributed by atoms with van der Waals surface area (Å²) in [6.07, 6.45) is 1.79. The molecule has 5 nitrogen and oxygen atoms in total. The van der Waals surface area contributed by atoms with E-state index in [9.17, 15) is 9.59 Å². The minimum absolute atomic E-state index is 0.460. The Bertz CT molecular complexity index is 462. The van der Waals surface area contributed by atoms with E-state index >= 15 is 0 Å². The summed E-state index contributed by atoms with van der Waals surface area (Å²) in [4.78, 5) is 23.8. The van der Waals surface area contributed by atoms with Crippen molar-refractivity contribution in [3.8, 4) is 0 Å². The molecule has 19 heavy (non-hydrogen) atoms. The van der Waals surface area contributed by atoms with Crippen LogP contribution in [0.25, 0.3) is 0 Å². The third-order valence-corrected chi connectivity index (χ3v) is 2.64. The Morgan fingerprint density at radius 2 is 1.74 bits per heavy atom. The number of aliphatic carboxylic acids is 1. The van der Waals surface area contributed by atoms with Crippen LogP contribution in [0, 0.1) is 0 Å². The van der Waals surface area contributed by atoms with Crippen molar-refractivity contribution in [1.29, 1.82) is 0 Å². The summed E-state index contributed by atoms with van der Waals surface area (Å²) in [5.74, 6) is -1.61. The van der Waals surface area contributed by atoms with Crippen LogP contribution in [0.4, 0.5) is 11.4 Å². The molecule has 1 rings (SSSR count). The number of carbonyl (C=O) groups excluding carboxylic acids is 1. The van der Waals surface area contributed by atoms with Crippen LogP contribution in [0.3, 0.4) is 0 Å². The highest BCUT2D eigenvalue weighted by Gasteiger charge is 2.02. The Kier molecular flexibility index (Phi) is 5.60. The summed E-state index contributed by atoms with van der Waals surface area (Å²) in [6, 6.07) is 7.42. The molecule has 0 unspecified atom stereocenters. The highest BCUT2D eigenvalue weighted by Crippen LogP contribution is 2.17. The molecule has 0 atom stereocenters. The van der Waals surface area contributed by atoms with Gasteiger partial charge in [-0.1, -0.05) is 0 Å². The van der Waals surface area contributed by atoms with E-state index in [-0.39, 0.29) is 0 Å². The molecule has 0 aliphatic carbocycles. The van der Waals surface area contributed by atoms with E-state index in [1.54, 1.807) is 12.1 Å². The Balaban J connectivity index is 2.66. The second-order valence-electron chi connectivity index (χ2n) is 3.88. The number of hydrogen-bond acceptors (Lipinski definition) is 3. The smallest absolute Gasteiger partial charge is 0.328 e. The van der Waals surface area contributed by atoms with Crippen LogP contribution >= 0.6 is 0 Å². The van der Waals surface area contributed by atoms with Crippen molar-refractivity contribution in [3.63, 3.8) is 0 Å². The Morgan fingerprint density at radius 1 is 1.16 bits per heavy atom. The fraction of sp³-hybridized carbons (Fsp3) is 0.286. The number of nitrogens with one attached hydrogen (secondary N) is 1. The Morgan fingerprint density at radius 3 is 2.21 bits per heavy atom. The van der Waals surface area contributed by atoms with Gasteiger partial charge in [-0.3, -0.25) is 4.79 Å². The maximum Gasteiger partial charge on any atom is 0.328 e. The first-order valence-electron chi connectivity index (χ1n) is 6.13. The van der Waals surface area contributed by atoms with E-state index in [0.717, 1.165) is 30.9 Å². The predicted molar refractivity (Wildman–Crippen MR) is 75.4 cm³/mol. The lowest BCUT2D eigenvalue weighted by Gasteiger charge is -2.21. The van der Waals surface area contributed by atoms with Crippen LogP contribution in [-0.4, -0.2) is 30.1 Å². The molecule has 102 valence electrons. The van der Waals surface area contributed by atoms with Gasteiger partial charge in [0.25, 0.3) is 0 Å². The molecular weight excluding hydrogens is 244 g/mol. The normalized spacial score (nSPS) is 10.4. The fourth-order valence-electron chi connectivity index (χ4n) is 1.68. The number of carbonyl (C=O) groups is 2. The maximum atomic E-state index is 11.4. The van der Waals surface area contributed by atoms with Gasteiger partial charge in [0.2, 0.25) is 5.91 Å².